The summed E-state index contributed by atoms with van der Waals surface area (Å²) in [4.78, 5) is 166. The van der Waals surface area contributed by atoms with E-state index in [4.69, 9.17) is 11.5 Å². The largest absolute Gasteiger partial charge is 0.481 e. The molecule has 0 fully saturated rings. The van der Waals surface area contributed by atoms with Crippen molar-refractivity contribution in [1.82, 2.24) is 52.5 Å². The van der Waals surface area contributed by atoms with E-state index in [1.807, 2.05) is 13.8 Å². The summed E-state index contributed by atoms with van der Waals surface area (Å²) < 4.78 is 0. The summed E-state index contributed by atoms with van der Waals surface area (Å²) in [6.07, 6.45) is -0.983. The highest BCUT2D eigenvalue weighted by molar-refractivity contribution is 5.99. The fourth-order valence-electron chi connectivity index (χ4n) is 8.23. The highest BCUT2D eigenvalue weighted by atomic mass is 16.4. The minimum atomic E-state index is -1.73. The zero-order valence-corrected chi connectivity index (χ0v) is 46.1. The van der Waals surface area contributed by atoms with Gasteiger partial charge < -0.3 is 74.3 Å². The van der Waals surface area contributed by atoms with Gasteiger partial charge in [-0.05, 0) is 48.1 Å². The summed E-state index contributed by atoms with van der Waals surface area (Å²) in [5, 5.41) is 48.8. The number of nitrogens with zero attached hydrogens (tertiary/aromatic N) is 1. The lowest BCUT2D eigenvalue weighted by atomic mass is 9.99. The number of carbonyl (C=O) groups excluding carboxylic acids is 9. The number of H-pyrrole nitrogens is 1. The monoisotopic (exact) mass is 1130 g/mol. The number of aromatic amines is 1. The Bertz CT molecular complexity index is 2640. The molecule has 0 aliphatic rings. The summed E-state index contributed by atoms with van der Waals surface area (Å²) in [5.74, 6) is -14.2. The minimum absolute atomic E-state index is 0.0536. The number of imidazole rings is 1. The van der Waals surface area contributed by atoms with Crippen LogP contribution in [0, 0.1) is 17.8 Å². The van der Waals surface area contributed by atoms with Crippen LogP contribution in [0.15, 0.2) is 73.2 Å². The molecule has 3 rings (SSSR count). The Kier molecular flexibility index (Phi) is 27.1. The first kappa shape index (κ1) is 66.5. The van der Waals surface area contributed by atoms with Gasteiger partial charge in [0.25, 0.3) is 0 Å². The first-order valence-corrected chi connectivity index (χ1v) is 26.3. The molecule has 1 aromatic heterocycles. The van der Waals surface area contributed by atoms with Crippen LogP contribution in [-0.2, 0) is 76.8 Å². The van der Waals surface area contributed by atoms with E-state index < -0.39 is 169 Å². The predicted octanol–water partition coefficient (Wildman–Crippen LogP) is -1.31. The topological polar surface area (TPSA) is 442 Å². The van der Waals surface area contributed by atoms with Gasteiger partial charge in [-0.2, -0.15) is 0 Å². The summed E-state index contributed by atoms with van der Waals surface area (Å²) in [6, 6.07) is 3.12. The van der Waals surface area contributed by atoms with Crippen molar-refractivity contribution < 1.29 is 72.9 Å². The zero-order chi connectivity index (χ0) is 60.5. The van der Waals surface area contributed by atoms with Crippen LogP contribution in [-0.4, -0.2) is 151 Å². The number of aliphatic carboxylic acids is 3. The average Bonchev–Trinajstić information content (AvgIpc) is 3.91. The highest BCUT2D eigenvalue weighted by Gasteiger charge is 2.37. The molecule has 1 heterocycles. The molecule has 2 aromatic carbocycles. The van der Waals surface area contributed by atoms with E-state index in [1.54, 1.807) is 74.5 Å². The molecule has 0 saturated heterocycles. The van der Waals surface area contributed by atoms with Gasteiger partial charge in [0.2, 0.25) is 53.2 Å². The summed E-state index contributed by atoms with van der Waals surface area (Å²) >= 11 is 0. The van der Waals surface area contributed by atoms with Gasteiger partial charge in [0.1, 0.15) is 48.3 Å². The number of carboxylic acid groups (broad SMARTS) is 3. The van der Waals surface area contributed by atoms with Gasteiger partial charge in [0, 0.05) is 44.0 Å². The smallest absolute Gasteiger partial charge is 0.326 e. The molecule has 27 heteroatoms. The van der Waals surface area contributed by atoms with Gasteiger partial charge in [0.15, 0.2) is 0 Å². The van der Waals surface area contributed by atoms with Gasteiger partial charge in [-0.1, -0.05) is 102 Å². The van der Waals surface area contributed by atoms with Gasteiger partial charge in [-0.25, -0.2) is 9.78 Å². The molecular formula is C54H76N12O15. The maximum Gasteiger partial charge on any atom is 0.326 e. The van der Waals surface area contributed by atoms with Gasteiger partial charge in [-0.15, -0.1) is 0 Å². The Labute approximate surface area is 468 Å². The Balaban J connectivity index is 1.94. The number of primary amides is 1. The van der Waals surface area contributed by atoms with Crippen LogP contribution in [0.3, 0.4) is 0 Å². The second-order valence-electron chi connectivity index (χ2n) is 20.6. The van der Waals surface area contributed by atoms with Crippen molar-refractivity contribution in [3.63, 3.8) is 0 Å². The second-order valence-corrected chi connectivity index (χ2v) is 20.6. The number of hydrogen-bond acceptors (Lipinski definition) is 14. The number of benzene rings is 2. The van der Waals surface area contributed by atoms with E-state index in [0.717, 1.165) is 0 Å². The molecule has 81 heavy (non-hydrogen) atoms. The van der Waals surface area contributed by atoms with Crippen LogP contribution in [0.5, 0.6) is 0 Å². The summed E-state index contributed by atoms with van der Waals surface area (Å²) in [5.41, 5.74) is 12.9. The fourth-order valence-corrected chi connectivity index (χ4v) is 8.23. The third-order valence-corrected chi connectivity index (χ3v) is 12.6. The molecule has 0 radical (unpaired) electrons. The lowest BCUT2D eigenvalue weighted by Gasteiger charge is -2.29. The molecule has 3 aromatic rings. The van der Waals surface area contributed by atoms with Gasteiger partial charge >= 0.3 is 17.9 Å². The van der Waals surface area contributed by atoms with Crippen molar-refractivity contribution in [3.8, 4) is 0 Å². The lowest BCUT2D eigenvalue weighted by Crippen LogP contribution is -2.62. The Morgan fingerprint density at radius 2 is 0.877 bits per heavy atom. The number of nitrogens with two attached hydrogens (primary N) is 2. The number of aromatic nitrogens is 2. The minimum Gasteiger partial charge on any atom is -0.481 e. The van der Waals surface area contributed by atoms with E-state index in [0.29, 0.717) is 23.2 Å². The van der Waals surface area contributed by atoms with Crippen LogP contribution in [0.4, 0.5) is 0 Å². The average molecular weight is 1130 g/mol. The van der Waals surface area contributed by atoms with E-state index >= 15 is 0 Å². The van der Waals surface area contributed by atoms with Gasteiger partial charge in [-0.3, -0.25) is 52.7 Å². The Hall–Kier alpha value is -8.75. The molecule has 0 spiro atoms. The van der Waals surface area contributed by atoms with Crippen molar-refractivity contribution in [2.75, 3.05) is 0 Å². The number of carbonyl (C=O) groups is 12. The molecular weight excluding hydrogens is 1060 g/mol. The fraction of sp³-hybridized carbons (Fsp3) is 0.500. The van der Waals surface area contributed by atoms with Crippen LogP contribution in [0.25, 0.3) is 0 Å². The molecule has 16 N–H and O–H groups in total. The molecule has 0 unspecified atom stereocenters. The van der Waals surface area contributed by atoms with E-state index in [9.17, 15) is 72.9 Å². The van der Waals surface area contributed by atoms with Crippen molar-refractivity contribution >= 4 is 71.1 Å². The maximum absolute atomic E-state index is 14.5. The first-order valence-electron chi connectivity index (χ1n) is 26.3. The number of rotatable bonds is 35. The third kappa shape index (κ3) is 23.6. The number of carboxylic acids is 3. The zero-order valence-electron chi connectivity index (χ0n) is 46.1. The SMILES string of the molecule is CC(C)C[C@H](N)C(=O)N[C@H](C(=O)N[C@@H](CC(N)=O)C(=O)N[C@@H](Cc1cnc[nH]1)C(=O)N[C@@H](Cc1ccccc1)C(=O)N[C@H](C(=O)N[C@@H](CCC(=O)O)C(=O)N[C@@H](CCC(=O)O)C(=O)N[C@@H](Cc1ccccc1)C(=O)O)C(C)C)C(C)C. The molecule has 0 saturated carbocycles. The molecule has 0 aliphatic heterocycles. The standard InChI is InChI=1S/C54H76N12O15/c1-28(2)21-34(55)46(72)65-44(29(3)4)53(79)63-39(25-41(56)67)50(76)62-38(24-33-26-57-27-58-33)49(75)61-37(22-31-13-9-7-10-14-31)51(77)66-45(30(5)6)52(78)60-36(18-20-43(70)71)47(73)59-35(17-19-42(68)69)48(74)64-40(54(80)81)23-32-15-11-8-12-16-32/h7-16,26-30,34-40,44-45H,17-25,55H2,1-6H3,(H2,56,67)(H,57,58)(H,59,73)(H,60,78)(H,61,75)(H,62,76)(H,63,79)(H,64,74)(H,65,72)(H,66,77)(H,68,69)(H,70,71)(H,80,81)/t34-,35-,36-,37-,38-,39-,40-,44-,45-/m0/s1. The van der Waals surface area contributed by atoms with Crippen LogP contribution in [0.1, 0.15) is 96.9 Å². The van der Waals surface area contributed by atoms with Crippen LogP contribution in [0.2, 0.25) is 0 Å². The number of nitrogens with one attached hydrogen (secondary N) is 9. The molecule has 27 nitrogen and oxygen atoms in total. The van der Waals surface area contributed by atoms with Crippen molar-refractivity contribution in [2.45, 2.75) is 154 Å². The highest BCUT2D eigenvalue weighted by Crippen LogP contribution is 2.13. The van der Waals surface area contributed by atoms with Crippen molar-refractivity contribution in [1.29, 1.82) is 0 Å². The summed E-state index contributed by atoms with van der Waals surface area (Å²) in [7, 11) is 0. The molecule has 0 bridgehead atoms. The second kappa shape index (κ2) is 33.0. The van der Waals surface area contributed by atoms with Gasteiger partial charge in [0.05, 0.1) is 18.8 Å². The van der Waals surface area contributed by atoms with Crippen LogP contribution < -0.4 is 54.0 Å². The quantitative estimate of drug-likeness (QED) is 0.0325. The summed E-state index contributed by atoms with van der Waals surface area (Å²) in [6.45, 7) is 10.0. The lowest BCUT2D eigenvalue weighted by molar-refractivity contribution is -0.143. The van der Waals surface area contributed by atoms with E-state index in [2.05, 4.69) is 52.5 Å². The predicted molar refractivity (Wildman–Crippen MR) is 290 cm³/mol. The molecule has 0 aliphatic carbocycles. The number of amides is 9. The number of hydrogen-bond donors (Lipinski definition) is 14. The van der Waals surface area contributed by atoms with E-state index in [1.165, 1.54) is 26.4 Å². The molecule has 9 amide bonds. The molecule has 9 atom stereocenters. The Morgan fingerprint density at radius 1 is 0.494 bits per heavy atom. The van der Waals surface area contributed by atoms with Crippen molar-refractivity contribution in [3.05, 3.63) is 90.0 Å². The Morgan fingerprint density at radius 3 is 1.30 bits per heavy atom. The normalized spacial score (nSPS) is 14.5. The first-order chi connectivity index (χ1) is 38.1. The third-order valence-electron chi connectivity index (χ3n) is 12.6. The van der Waals surface area contributed by atoms with Crippen LogP contribution >= 0.6 is 0 Å². The molecule has 442 valence electrons. The maximum atomic E-state index is 14.5. The van der Waals surface area contributed by atoms with Crippen molar-refractivity contribution in [2.24, 2.45) is 29.2 Å². The van der Waals surface area contributed by atoms with E-state index in [-0.39, 0.29) is 25.2 Å².